The van der Waals surface area contributed by atoms with E-state index in [1.165, 1.54) is 13.0 Å². The maximum Gasteiger partial charge on any atom is 0.226 e. The molecule has 0 aliphatic carbocycles. The molecule has 0 bridgehead atoms. The molecular weight excluding hydrogens is 240 g/mol. The largest absolute Gasteiger partial charge is 0.339 e. The van der Waals surface area contributed by atoms with Crippen LogP contribution in [0.4, 0.5) is 0 Å². The van der Waals surface area contributed by atoms with Crippen LogP contribution in [0.15, 0.2) is 4.52 Å². The number of nitrogens with zero attached hydrogens (tertiary/aromatic N) is 3. The lowest BCUT2D eigenvalue weighted by molar-refractivity contribution is 0.260. The van der Waals surface area contributed by atoms with Crippen LogP contribution < -0.4 is 5.32 Å². The number of aromatic nitrogens is 2. The van der Waals surface area contributed by atoms with Gasteiger partial charge in [-0.3, -0.25) is 0 Å². The smallest absolute Gasteiger partial charge is 0.226 e. The van der Waals surface area contributed by atoms with Crippen LogP contribution in [-0.2, 0) is 12.8 Å². The van der Waals surface area contributed by atoms with Gasteiger partial charge in [0.1, 0.15) is 0 Å². The van der Waals surface area contributed by atoms with Gasteiger partial charge in [-0.1, -0.05) is 5.16 Å². The molecule has 1 fully saturated rings. The number of hydrogen-bond donors (Lipinski definition) is 1. The van der Waals surface area contributed by atoms with Gasteiger partial charge < -0.3 is 14.7 Å². The van der Waals surface area contributed by atoms with Crippen LogP contribution in [0.3, 0.4) is 0 Å². The molecule has 19 heavy (non-hydrogen) atoms. The molecule has 2 rings (SSSR count). The minimum atomic E-state index is 0.643. The average molecular weight is 266 g/mol. The molecule has 0 radical (unpaired) electrons. The molecule has 0 amide bonds. The van der Waals surface area contributed by atoms with E-state index in [0.717, 1.165) is 44.1 Å². The van der Waals surface area contributed by atoms with Gasteiger partial charge in [0.15, 0.2) is 5.82 Å². The fourth-order valence-corrected chi connectivity index (χ4v) is 2.64. The van der Waals surface area contributed by atoms with E-state index in [1.54, 1.807) is 0 Å². The van der Waals surface area contributed by atoms with Crippen LogP contribution in [0.25, 0.3) is 0 Å². The maximum absolute atomic E-state index is 5.35. The Morgan fingerprint density at radius 1 is 1.47 bits per heavy atom. The Labute approximate surface area is 115 Å². The summed E-state index contributed by atoms with van der Waals surface area (Å²) in [5, 5.41) is 7.18. The first kappa shape index (κ1) is 14.5. The zero-order valence-electron chi connectivity index (χ0n) is 12.4. The summed E-state index contributed by atoms with van der Waals surface area (Å²) in [6.07, 6.45) is 4.13. The van der Waals surface area contributed by atoms with Gasteiger partial charge in [-0.25, -0.2) is 0 Å². The van der Waals surface area contributed by atoms with Crippen LogP contribution >= 0.6 is 0 Å². The van der Waals surface area contributed by atoms with E-state index in [2.05, 4.69) is 34.2 Å². The second-order valence-electron chi connectivity index (χ2n) is 5.76. The highest BCUT2D eigenvalue weighted by Crippen LogP contribution is 2.21. The van der Waals surface area contributed by atoms with Gasteiger partial charge >= 0.3 is 0 Å². The molecule has 2 heterocycles. The second kappa shape index (κ2) is 7.01. The molecule has 1 aliphatic rings. The lowest BCUT2D eigenvalue weighted by atomic mass is 10.1. The monoisotopic (exact) mass is 266 g/mol. The molecular formula is C14H26N4O. The van der Waals surface area contributed by atoms with Crippen molar-refractivity contribution in [3.63, 3.8) is 0 Å². The lowest BCUT2D eigenvalue weighted by Crippen LogP contribution is -2.28. The Kier molecular flexibility index (Phi) is 5.34. The second-order valence-corrected chi connectivity index (χ2v) is 5.76. The number of aryl methyl sites for hydroxylation is 1. The highest BCUT2D eigenvalue weighted by molar-refractivity contribution is 4.91. The molecule has 1 aromatic rings. The van der Waals surface area contributed by atoms with Crippen molar-refractivity contribution < 1.29 is 4.52 Å². The van der Waals surface area contributed by atoms with Gasteiger partial charge in [-0.2, -0.15) is 4.98 Å². The zero-order chi connectivity index (χ0) is 13.7. The first-order valence-corrected chi connectivity index (χ1v) is 7.39. The molecule has 1 saturated heterocycles. The number of hydrogen-bond acceptors (Lipinski definition) is 5. The molecule has 1 N–H and O–H groups in total. The van der Waals surface area contributed by atoms with E-state index in [9.17, 15) is 0 Å². The predicted molar refractivity (Wildman–Crippen MR) is 75.1 cm³/mol. The van der Waals surface area contributed by atoms with E-state index in [4.69, 9.17) is 4.52 Å². The van der Waals surface area contributed by atoms with E-state index >= 15 is 0 Å². The standard InChI is InChI=1S/C14H26N4O/c1-11(2)18-8-6-12(10-18)9-14-16-13(17-19-14)5-4-7-15-3/h11-12,15H,4-10H2,1-3H3. The Hall–Kier alpha value is -0.940. The van der Waals surface area contributed by atoms with Crippen LogP contribution in [0, 0.1) is 5.92 Å². The van der Waals surface area contributed by atoms with Crippen molar-refractivity contribution in [2.45, 2.75) is 45.6 Å². The van der Waals surface area contributed by atoms with E-state index < -0.39 is 0 Å². The summed E-state index contributed by atoms with van der Waals surface area (Å²) in [6.45, 7) is 7.88. The van der Waals surface area contributed by atoms with Crippen LogP contribution in [-0.4, -0.2) is 47.8 Å². The van der Waals surface area contributed by atoms with Crippen molar-refractivity contribution >= 4 is 0 Å². The van der Waals surface area contributed by atoms with Crippen molar-refractivity contribution in [1.29, 1.82) is 0 Å². The van der Waals surface area contributed by atoms with Gasteiger partial charge in [0.2, 0.25) is 5.89 Å². The van der Waals surface area contributed by atoms with Gasteiger partial charge in [-0.05, 0) is 52.7 Å². The summed E-state index contributed by atoms with van der Waals surface area (Å²) in [5.41, 5.74) is 0. The zero-order valence-corrected chi connectivity index (χ0v) is 12.4. The molecule has 1 atom stereocenters. The van der Waals surface area contributed by atoms with Crippen molar-refractivity contribution in [3.8, 4) is 0 Å². The molecule has 0 spiro atoms. The summed E-state index contributed by atoms with van der Waals surface area (Å²) in [5.74, 6) is 2.34. The van der Waals surface area contributed by atoms with Gasteiger partial charge in [-0.15, -0.1) is 0 Å². The highest BCUT2D eigenvalue weighted by Gasteiger charge is 2.25. The molecule has 1 aliphatic heterocycles. The highest BCUT2D eigenvalue weighted by atomic mass is 16.5. The molecule has 1 aromatic heterocycles. The third-order valence-electron chi connectivity index (χ3n) is 3.85. The maximum atomic E-state index is 5.35. The molecule has 0 saturated carbocycles. The Bertz CT molecular complexity index is 377. The van der Waals surface area contributed by atoms with E-state index in [0.29, 0.717) is 12.0 Å². The molecule has 1 unspecified atom stereocenters. The number of nitrogens with one attached hydrogen (secondary N) is 1. The van der Waals surface area contributed by atoms with Crippen molar-refractivity contribution in [2.24, 2.45) is 5.92 Å². The van der Waals surface area contributed by atoms with Crippen molar-refractivity contribution in [3.05, 3.63) is 11.7 Å². The normalized spacial score (nSPS) is 20.5. The molecule has 5 heteroatoms. The number of likely N-dealkylation sites (tertiary alicyclic amines) is 1. The summed E-state index contributed by atoms with van der Waals surface area (Å²) in [6, 6.07) is 0.643. The quantitative estimate of drug-likeness (QED) is 0.758. The molecule has 108 valence electrons. The van der Waals surface area contributed by atoms with Gasteiger partial charge in [0.25, 0.3) is 0 Å². The Morgan fingerprint density at radius 2 is 2.32 bits per heavy atom. The van der Waals surface area contributed by atoms with Crippen molar-refractivity contribution in [1.82, 2.24) is 20.4 Å². The number of rotatable bonds is 7. The summed E-state index contributed by atoms with van der Waals surface area (Å²) >= 11 is 0. The Balaban J connectivity index is 1.77. The minimum Gasteiger partial charge on any atom is -0.339 e. The van der Waals surface area contributed by atoms with Crippen LogP contribution in [0.1, 0.15) is 38.4 Å². The Morgan fingerprint density at radius 3 is 3.00 bits per heavy atom. The average Bonchev–Trinajstić information content (AvgIpc) is 3.00. The molecule has 5 nitrogen and oxygen atoms in total. The topological polar surface area (TPSA) is 54.2 Å². The van der Waals surface area contributed by atoms with E-state index in [-0.39, 0.29) is 0 Å². The SMILES string of the molecule is CNCCCc1noc(CC2CCN(C(C)C)C2)n1. The van der Waals surface area contributed by atoms with Crippen LogP contribution in [0.2, 0.25) is 0 Å². The fraction of sp³-hybridized carbons (Fsp3) is 0.857. The fourth-order valence-electron chi connectivity index (χ4n) is 2.64. The third kappa shape index (κ3) is 4.28. The molecule has 0 aromatic carbocycles. The summed E-state index contributed by atoms with van der Waals surface area (Å²) in [7, 11) is 1.96. The van der Waals surface area contributed by atoms with E-state index in [1.807, 2.05) is 7.05 Å². The van der Waals surface area contributed by atoms with Gasteiger partial charge in [0, 0.05) is 25.4 Å². The van der Waals surface area contributed by atoms with Crippen molar-refractivity contribution in [2.75, 3.05) is 26.7 Å². The summed E-state index contributed by atoms with van der Waals surface area (Å²) in [4.78, 5) is 7.01. The lowest BCUT2D eigenvalue weighted by Gasteiger charge is -2.19. The summed E-state index contributed by atoms with van der Waals surface area (Å²) < 4.78 is 5.35. The predicted octanol–water partition coefficient (Wildman–Crippen LogP) is 1.49. The van der Waals surface area contributed by atoms with Crippen LogP contribution in [0.5, 0.6) is 0 Å². The van der Waals surface area contributed by atoms with Gasteiger partial charge in [0.05, 0.1) is 0 Å². The third-order valence-corrected chi connectivity index (χ3v) is 3.85. The first-order chi connectivity index (χ1) is 9.19. The minimum absolute atomic E-state index is 0.643. The first-order valence-electron chi connectivity index (χ1n) is 7.39.